The largest absolute Gasteiger partial charge is 0.326 e. The Kier molecular flexibility index (Phi) is 5.22. The molecule has 4 rings (SSSR count). The number of fused-ring (bicyclic) bond motifs is 1. The second kappa shape index (κ2) is 7.75. The van der Waals surface area contributed by atoms with E-state index in [2.05, 4.69) is 21.3 Å². The van der Waals surface area contributed by atoms with Crippen LogP contribution < -0.4 is 11.0 Å². The van der Waals surface area contributed by atoms with Gasteiger partial charge in [-0.1, -0.05) is 12.1 Å². The lowest BCUT2D eigenvalue weighted by molar-refractivity contribution is 0.174. The van der Waals surface area contributed by atoms with Crippen molar-refractivity contribution in [1.29, 1.82) is 0 Å². The molecule has 1 aromatic heterocycles. The van der Waals surface area contributed by atoms with Crippen LogP contribution in [0.5, 0.6) is 0 Å². The maximum Gasteiger partial charge on any atom is 0.326 e. The number of rotatable bonds is 4. The zero-order valence-corrected chi connectivity index (χ0v) is 15.0. The summed E-state index contributed by atoms with van der Waals surface area (Å²) in [6, 6.07) is 8.38. The maximum atomic E-state index is 12.4. The zero-order valence-electron chi connectivity index (χ0n) is 15.0. The van der Waals surface area contributed by atoms with Gasteiger partial charge in [0.1, 0.15) is 0 Å². The van der Waals surface area contributed by atoms with Gasteiger partial charge in [0.05, 0.1) is 11.0 Å². The van der Waals surface area contributed by atoms with Crippen LogP contribution in [0.3, 0.4) is 0 Å². The quantitative estimate of drug-likeness (QED) is 0.898. The van der Waals surface area contributed by atoms with Gasteiger partial charge in [0.2, 0.25) is 0 Å². The van der Waals surface area contributed by atoms with Crippen molar-refractivity contribution in [3.05, 3.63) is 34.7 Å². The molecule has 5 heteroatoms. The molecule has 0 spiro atoms. The van der Waals surface area contributed by atoms with Crippen LogP contribution in [0.25, 0.3) is 11.0 Å². The molecule has 2 saturated heterocycles. The number of H-pyrrole nitrogens is 1. The molecule has 0 saturated carbocycles. The summed E-state index contributed by atoms with van der Waals surface area (Å²) in [5.74, 6) is 0.893. The van der Waals surface area contributed by atoms with Crippen LogP contribution >= 0.6 is 0 Å². The van der Waals surface area contributed by atoms with Crippen LogP contribution in [0, 0.1) is 5.92 Å². The summed E-state index contributed by atoms with van der Waals surface area (Å²) in [6.45, 7) is 5.83. The summed E-state index contributed by atoms with van der Waals surface area (Å²) >= 11 is 0. The van der Waals surface area contributed by atoms with Crippen molar-refractivity contribution in [3.63, 3.8) is 0 Å². The number of hydrogen-bond donors (Lipinski definition) is 2. The second-order valence-corrected chi connectivity index (χ2v) is 7.73. The van der Waals surface area contributed by atoms with Crippen LogP contribution in [0.15, 0.2) is 29.1 Å². The Morgan fingerprint density at radius 3 is 2.76 bits per heavy atom. The van der Waals surface area contributed by atoms with E-state index in [1.165, 1.54) is 45.3 Å². The van der Waals surface area contributed by atoms with Gasteiger partial charge in [-0.15, -0.1) is 0 Å². The molecular weight excluding hydrogens is 312 g/mol. The number of aromatic amines is 1. The van der Waals surface area contributed by atoms with Crippen molar-refractivity contribution >= 4 is 11.0 Å². The normalized spacial score (nSPS) is 23.8. The van der Waals surface area contributed by atoms with E-state index >= 15 is 0 Å². The van der Waals surface area contributed by atoms with Gasteiger partial charge in [-0.05, 0) is 76.2 Å². The summed E-state index contributed by atoms with van der Waals surface area (Å²) in [5.41, 5.74) is 2.06. The lowest BCUT2D eigenvalue weighted by atomic mass is 9.96. The molecule has 2 fully saturated rings. The van der Waals surface area contributed by atoms with Gasteiger partial charge in [-0.2, -0.15) is 0 Å². The highest BCUT2D eigenvalue weighted by atomic mass is 16.1. The van der Waals surface area contributed by atoms with E-state index in [0.29, 0.717) is 6.04 Å². The Balaban J connectivity index is 1.33. The smallest absolute Gasteiger partial charge is 0.317 e. The first-order valence-electron chi connectivity index (χ1n) is 9.93. The monoisotopic (exact) mass is 342 g/mol. The van der Waals surface area contributed by atoms with Crippen molar-refractivity contribution in [1.82, 2.24) is 19.8 Å². The van der Waals surface area contributed by atoms with Crippen LogP contribution in [0.1, 0.15) is 44.6 Å². The van der Waals surface area contributed by atoms with E-state index in [0.717, 1.165) is 42.9 Å². The van der Waals surface area contributed by atoms with Crippen molar-refractivity contribution < 1.29 is 0 Å². The molecule has 2 N–H and O–H groups in total. The average Bonchev–Trinajstić information content (AvgIpc) is 2.81. The Morgan fingerprint density at radius 1 is 1.04 bits per heavy atom. The summed E-state index contributed by atoms with van der Waals surface area (Å²) in [7, 11) is 0. The fourth-order valence-electron chi connectivity index (χ4n) is 4.58. The molecule has 2 aliphatic heterocycles. The van der Waals surface area contributed by atoms with Crippen molar-refractivity contribution in [2.45, 2.75) is 44.6 Å². The lowest BCUT2D eigenvalue weighted by Crippen LogP contribution is -2.38. The predicted molar refractivity (Wildman–Crippen MR) is 102 cm³/mol. The number of aromatic nitrogens is 2. The fraction of sp³-hybridized carbons (Fsp3) is 0.650. The first-order chi connectivity index (χ1) is 12.3. The van der Waals surface area contributed by atoms with Crippen molar-refractivity contribution in [2.75, 3.05) is 32.7 Å². The number of piperidine rings is 1. The topological polar surface area (TPSA) is 53.1 Å². The van der Waals surface area contributed by atoms with Gasteiger partial charge in [0.25, 0.3) is 0 Å². The predicted octanol–water partition coefficient (Wildman–Crippen LogP) is 2.75. The zero-order chi connectivity index (χ0) is 17.1. The number of para-hydroxylation sites is 2. The van der Waals surface area contributed by atoms with Crippen LogP contribution in [0.4, 0.5) is 0 Å². The molecule has 0 amide bonds. The molecule has 0 bridgehead atoms. The van der Waals surface area contributed by atoms with Gasteiger partial charge in [-0.3, -0.25) is 4.57 Å². The third kappa shape index (κ3) is 3.82. The molecule has 2 aliphatic rings. The lowest BCUT2D eigenvalue weighted by Gasteiger charge is -2.33. The number of hydrogen-bond acceptors (Lipinski definition) is 3. The molecule has 1 atom stereocenters. The van der Waals surface area contributed by atoms with Gasteiger partial charge < -0.3 is 15.2 Å². The average molecular weight is 342 g/mol. The van der Waals surface area contributed by atoms with E-state index < -0.39 is 0 Å². The van der Waals surface area contributed by atoms with E-state index in [4.69, 9.17) is 0 Å². The van der Waals surface area contributed by atoms with Crippen molar-refractivity contribution in [2.24, 2.45) is 5.92 Å². The SMILES string of the molecule is O=c1[nH]c2ccccc2n1C1CCN(CC[C@@H]2CCCNCC2)CC1. The standard InChI is InChI=1S/C20H30N4O/c25-20-22-18-5-1-2-6-19(18)24(20)17-9-14-23(15-10-17)13-8-16-4-3-11-21-12-7-16/h1-2,5-6,16-17,21H,3-4,7-15H2,(H,22,25)/t16-/m1/s1. The Hall–Kier alpha value is -1.59. The first-order valence-corrected chi connectivity index (χ1v) is 9.93. The molecule has 0 radical (unpaired) electrons. The molecule has 3 heterocycles. The van der Waals surface area contributed by atoms with Gasteiger partial charge in [0, 0.05) is 19.1 Å². The third-order valence-corrected chi connectivity index (χ3v) is 6.10. The molecule has 25 heavy (non-hydrogen) atoms. The Labute approximate surface area is 149 Å². The number of likely N-dealkylation sites (tertiary alicyclic amines) is 1. The molecule has 5 nitrogen and oxygen atoms in total. The number of benzene rings is 1. The highest BCUT2D eigenvalue weighted by Crippen LogP contribution is 2.26. The molecule has 136 valence electrons. The first kappa shape index (κ1) is 16.9. The molecule has 0 aliphatic carbocycles. The summed E-state index contributed by atoms with van der Waals surface area (Å²) in [5, 5.41) is 3.51. The van der Waals surface area contributed by atoms with Crippen LogP contribution in [-0.2, 0) is 0 Å². The minimum atomic E-state index is 0.0469. The molecular formula is C20H30N4O. The van der Waals surface area contributed by atoms with Gasteiger partial charge in [-0.25, -0.2) is 4.79 Å². The second-order valence-electron chi connectivity index (χ2n) is 7.73. The summed E-state index contributed by atoms with van der Waals surface area (Å²) < 4.78 is 1.99. The van der Waals surface area contributed by atoms with Crippen LogP contribution in [0.2, 0.25) is 0 Å². The molecule has 0 unspecified atom stereocenters. The van der Waals surface area contributed by atoms with E-state index in [9.17, 15) is 4.79 Å². The van der Waals surface area contributed by atoms with Gasteiger partial charge in [0.15, 0.2) is 0 Å². The highest BCUT2D eigenvalue weighted by molar-refractivity contribution is 5.75. The summed E-state index contributed by atoms with van der Waals surface area (Å²) in [6.07, 6.45) is 7.53. The van der Waals surface area contributed by atoms with Crippen molar-refractivity contribution in [3.8, 4) is 0 Å². The molecule has 1 aromatic carbocycles. The van der Waals surface area contributed by atoms with Gasteiger partial charge >= 0.3 is 5.69 Å². The Morgan fingerprint density at radius 2 is 1.88 bits per heavy atom. The number of nitrogens with zero attached hydrogens (tertiary/aromatic N) is 2. The minimum Gasteiger partial charge on any atom is -0.317 e. The summed E-state index contributed by atoms with van der Waals surface area (Å²) in [4.78, 5) is 18.0. The Bertz CT molecular complexity index is 733. The highest BCUT2D eigenvalue weighted by Gasteiger charge is 2.24. The van der Waals surface area contributed by atoms with Crippen LogP contribution in [-0.4, -0.2) is 47.2 Å². The molecule has 2 aromatic rings. The van der Waals surface area contributed by atoms with E-state index in [-0.39, 0.29) is 5.69 Å². The van der Waals surface area contributed by atoms with E-state index in [1.54, 1.807) is 0 Å². The number of nitrogens with one attached hydrogen (secondary N) is 2. The number of imidazole rings is 1. The third-order valence-electron chi connectivity index (χ3n) is 6.10. The minimum absolute atomic E-state index is 0.0469. The fourth-order valence-corrected chi connectivity index (χ4v) is 4.58. The maximum absolute atomic E-state index is 12.4. The van der Waals surface area contributed by atoms with E-state index in [1.807, 2.05) is 22.8 Å².